The van der Waals surface area contributed by atoms with Crippen LogP contribution in [0.15, 0.2) is 36.4 Å². The van der Waals surface area contributed by atoms with Gasteiger partial charge in [0, 0.05) is 11.6 Å². The lowest BCUT2D eigenvalue weighted by molar-refractivity contribution is 0.624. The Morgan fingerprint density at radius 1 is 1.24 bits per heavy atom. The van der Waals surface area contributed by atoms with E-state index < -0.39 is 0 Å². The summed E-state index contributed by atoms with van der Waals surface area (Å²) in [7, 11) is 0. The van der Waals surface area contributed by atoms with Gasteiger partial charge in [-0.2, -0.15) is 0 Å². The van der Waals surface area contributed by atoms with Crippen LogP contribution in [0.5, 0.6) is 0 Å². The average Bonchev–Trinajstić information content (AvgIpc) is 2.73. The van der Waals surface area contributed by atoms with Gasteiger partial charge in [-0.05, 0) is 54.8 Å². The number of imidazole rings is 1. The number of hydrogen-bond acceptors (Lipinski definition) is 2. The molecule has 0 aliphatic carbocycles. The molecule has 2 N–H and O–H groups in total. The molecule has 3 rings (SSSR count). The monoisotopic (exact) mass is 303 g/mol. The molecule has 0 saturated carbocycles. The number of anilines is 1. The second kappa shape index (κ2) is 5.37. The van der Waals surface area contributed by atoms with Crippen molar-refractivity contribution in [2.45, 2.75) is 19.9 Å². The van der Waals surface area contributed by atoms with Crippen molar-refractivity contribution in [1.29, 1.82) is 0 Å². The number of aromatic nitrogens is 2. The fourth-order valence-corrected chi connectivity index (χ4v) is 2.69. The van der Waals surface area contributed by atoms with Crippen LogP contribution in [0.25, 0.3) is 11.0 Å². The predicted molar refractivity (Wildman–Crippen MR) is 84.0 cm³/mol. The number of nitrogens with two attached hydrogens (primary N) is 1. The topological polar surface area (TPSA) is 43.8 Å². The van der Waals surface area contributed by atoms with Gasteiger partial charge in [-0.15, -0.1) is 0 Å². The Morgan fingerprint density at radius 3 is 2.81 bits per heavy atom. The zero-order chi connectivity index (χ0) is 15.0. The maximum absolute atomic E-state index is 13.1. The maximum Gasteiger partial charge on any atom is 0.201 e. The number of nitrogen functional groups attached to an aromatic ring is 1. The smallest absolute Gasteiger partial charge is 0.201 e. The number of benzene rings is 2. The molecule has 21 heavy (non-hydrogen) atoms. The van der Waals surface area contributed by atoms with Gasteiger partial charge in [-0.3, -0.25) is 0 Å². The Kier molecular flexibility index (Phi) is 3.55. The molecule has 3 aromatic rings. The summed E-state index contributed by atoms with van der Waals surface area (Å²) in [5.41, 5.74) is 9.76. The minimum absolute atomic E-state index is 0.212. The van der Waals surface area contributed by atoms with Crippen LogP contribution in [0.4, 0.5) is 10.3 Å². The van der Waals surface area contributed by atoms with Gasteiger partial charge in [0.2, 0.25) is 5.95 Å². The molecule has 0 unspecified atom stereocenters. The van der Waals surface area contributed by atoms with E-state index in [1.165, 1.54) is 6.07 Å². The van der Waals surface area contributed by atoms with Crippen LogP contribution >= 0.6 is 11.6 Å². The van der Waals surface area contributed by atoms with E-state index in [0.29, 0.717) is 17.5 Å². The predicted octanol–water partition coefficient (Wildman–Crippen LogP) is 3.96. The highest BCUT2D eigenvalue weighted by atomic mass is 35.5. The number of rotatable bonds is 3. The minimum atomic E-state index is -0.212. The molecule has 0 amide bonds. The summed E-state index contributed by atoms with van der Waals surface area (Å²) in [6, 6.07) is 10.3. The third-order valence-corrected chi connectivity index (χ3v) is 3.88. The lowest BCUT2D eigenvalue weighted by Gasteiger charge is -2.09. The van der Waals surface area contributed by atoms with Crippen molar-refractivity contribution in [1.82, 2.24) is 9.55 Å². The first-order valence-corrected chi connectivity index (χ1v) is 7.08. The molecule has 108 valence electrons. The normalized spacial score (nSPS) is 11.2. The second-order valence-electron chi connectivity index (χ2n) is 5.08. The number of halogens is 2. The van der Waals surface area contributed by atoms with Gasteiger partial charge < -0.3 is 10.3 Å². The molecule has 5 heteroatoms. The van der Waals surface area contributed by atoms with Gasteiger partial charge in [0.25, 0.3) is 0 Å². The lowest BCUT2D eigenvalue weighted by Crippen LogP contribution is -2.06. The second-order valence-corrected chi connectivity index (χ2v) is 5.51. The standard InChI is InChI=1S/C16H15ClFN3/c1-10-8-13(18)4-2-11(10)6-7-21-15-9-12(17)3-5-14(15)20-16(21)19/h2-5,8-9H,6-7H2,1H3,(H2,19,20). The Morgan fingerprint density at radius 2 is 2.05 bits per heavy atom. The molecule has 0 bridgehead atoms. The third-order valence-electron chi connectivity index (χ3n) is 3.65. The van der Waals surface area contributed by atoms with Gasteiger partial charge >= 0.3 is 0 Å². The van der Waals surface area contributed by atoms with Gasteiger partial charge in [0.15, 0.2) is 0 Å². The van der Waals surface area contributed by atoms with E-state index in [1.54, 1.807) is 12.1 Å². The van der Waals surface area contributed by atoms with E-state index in [0.717, 1.165) is 28.6 Å². The molecule has 0 radical (unpaired) electrons. The molecule has 0 fully saturated rings. The molecule has 0 aliphatic rings. The summed E-state index contributed by atoms with van der Waals surface area (Å²) in [4.78, 5) is 4.33. The van der Waals surface area contributed by atoms with Crippen LogP contribution < -0.4 is 5.73 Å². The molecule has 0 saturated heterocycles. The van der Waals surface area contributed by atoms with Gasteiger partial charge in [0.1, 0.15) is 5.82 Å². The van der Waals surface area contributed by atoms with Crippen LogP contribution in [0, 0.1) is 12.7 Å². The van der Waals surface area contributed by atoms with Gasteiger partial charge in [-0.25, -0.2) is 9.37 Å². The fraction of sp³-hybridized carbons (Fsp3) is 0.188. The van der Waals surface area contributed by atoms with Crippen molar-refractivity contribution in [2.75, 3.05) is 5.73 Å². The number of nitrogens with zero attached hydrogens (tertiary/aromatic N) is 2. The molecule has 2 aromatic carbocycles. The van der Waals surface area contributed by atoms with E-state index in [1.807, 2.05) is 29.7 Å². The van der Waals surface area contributed by atoms with E-state index in [4.69, 9.17) is 17.3 Å². The first-order chi connectivity index (χ1) is 10.0. The van der Waals surface area contributed by atoms with Crippen molar-refractivity contribution in [3.8, 4) is 0 Å². The van der Waals surface area contributed by atoms with Crippen LogP contribution in [-0.4, -0.2) is 9.55 Å². The highest BCUT2D eigenvalue weighted by Crippen LogP contribution is 2.22. The minimum Gasteiger partial charge on any atom is -0.369 e. The number of hydrogen-bond donors (Lipinski definition) is 1. The van der Waals surface area contributed by atoms with Crippen LogP contribution in [0.3, 0.4) is 0 Å². The highest BCUT2D eigenvalue weighted by Gasteiger charge is 2.09. The summed E-state index contributed by atoms with van der Waals surface area (Å²) in [5.74, 6) is 0.252. The average molecular weight is 304 g/mol. The van der Waals surface area contributed by atoms with Crippen LogP contribution in [-0.2, 0) is 13.0 Å². The van der Waals surface area contributed by atoms with Crippen molar-refractivity contribution >= 4 is 28.6 Å². The summed E-state index contributed by atoms with van der Waals surface area (Å²) in [6.07, 6.45) is 0.758. The van der Waals surface area contributed by atoms with E-state index in [9.17, 15) is 4.39 Å². The Labute approximate surface area is 127 Å². The summed E-state index contributed by atoms with van der Waals surface area (Å²) >= 11 is 6.04. The molecule has 0 spiro atoms. The first kappa shape index (κ1) is 13.9. The quantitative estimate of drug-likeness (QED) is 0.796. The Balaban J connectivity index is 1.91. The Bertz CT molecular complexity index is 811. The summed E-state index contributed by atoms with van der Waals surface area (Å²) in [6.45, 7) is 2.58. The van der Waals surface area contributed by atoms with E-state index in [-0.39, 0.29) is 5.82 Å². The maximum atomic E-state index is 13.1. The van der Waals surface area contributed by atoms with E-state index >= 15 is 0 Å². The summed E-state index contributed by atoms with van der Waals surface area (Å²) in [5, 5.41) is 0.654. The lowest BCUT2D eigenvalue weighted by atomic mass is 10.1. The van der Waals surface area contributed by atoms with Crippen molar-refractivity contribution < 1.29 is 4.39 Å². The third kappa shape index (κ3) is 2.72. The fourth-order valence-electron chi connectivity index (χ4n) is 2.52. The van der Waals surface area contributed by atoms with Gasteiger partial charge in [-0.1, -0.05) is 17.7 Å². The number of aryl methyl sites for hydroxylation is 3. The molecule has 1 aromatic heterocycles. The van der Waals surface area contributed by atoms with E-state index in [2.05, 4.69) is 4.98 Å². The molecule has 1 heterocycles. The highest BCUT2D eigenvalue weighted by molar-refractivity contribution is 6.31. The van der Waals surface area contributed by atoms with Crippen LogP contribution in [0.2, 0.25) is 5.02 Å². The molecular formula is C16H15ClFN3. The largest absolute Gasteiger partial charge is 0.369 e. The molecule has 3 nitrogen and oxygen atoms in total. The zero-order valence-electron chi connectivity index (χ0n) is 11.6. The Hall–Kier alpha value is -2.07. The molecule has 0 aliphatic heterocycles. The zero-order valence-corrected chi connectivity index (χ0v) is 12.4. The molecular weight excluding hydrogens is 289 g/mol. The number of fused-ring (bicyclic) bond motifs is 1. The molecule has 0 atom stereocenters. The SMILES string of the molecule is Cc1cc(F)ccc1CCn1c(N)nc2ccc(Cl)cc21. The van der Waals surface area contributed by atoms with Crippen molar-refractivity contribution in [3.63, 3.8) is 0 Å². The van der Waals surface area contributed by atoms with Crippen LogP contribution in [0.1, 0.15) is 11.1 Å². The van der Waals surface area contributed by atoms with Gasteiger partial charge in [0.05, 0.1) is 11.0 Å². The van der Waals surface area contributed by atoms with Crippen molar-refractivity contribution in [2.24, 2.45) is 0 Å². The summed E-state index contributed by atoms with van der Waals surface area (Å²) < 4.78 is 15.1. The first-order valence-electron chi connectivity index (χ1n) is 6.71. The van der Waals surface area contributed by atoms with Crippen molar-refractivity contribution in [3.05, 3.63) is 58.4 Å².